The van der Waals surface area contributed by atoms with Gasteiger partial charge in [-0.2, -0.15) is 0 Å². The smallest absolute Gasteiger partial charge is 0.198 e. The van der Waals surface area contributed by atoms with Crippen molar-refractivity contribution in [3.63, 3.8) is 0 Å². The molecule has 0 N–H and O–H groups in total. The van der Waals surface area contributed by atoms with Gasteiger partial charge in [0, 0.05) is 13.1 Å². The van der Waals surface area contributed by atoms with Crippen LogP contribution >= 0.6 is 11.8 Å². The van der Waals surface area contributed by atoms with Crippen LogP contribution in [0.15, 0.2) is 43.7 Å². The molecule has 0 radical (unpaired) electrons. The molecule has 8 heteroatoms. The Morgan fingerprint density at radius 2 is 2.09 bits per heavy atom. The van der Waals surface area contributed by atoms with Crippen molar-refractivity contribution in [2.75, 3.05) is 7.05 Å². The van der Waals surface area contributed by atoms with Gasteiger partial charge in [-0.1, -0.05) is 5.16 Å². The van der Waals surface area contributed by atoms with Gasteiger partial charge in [0.2, 0.25) is 0 Å². The summed E-state index contributed by atoms with van der Waals surface area (Å²) in [4.78, 5) is 2.11. The van der Waals surface area contributed by atoms with Gasteiger partial charge in [-0.25, -0.2) is 0 Å². The van der Waals surface area contributed by atoms with Crippen LogP contribution in [-0.4, -0.2) is 31.9 Å². The zero-order valence-corrected chi connectivity index (χ0v) is 13.5. The second-order valence-electron chi connectivity index (χ2n) is 5.15. The highest BCUT2D eigenvalue weighted by atomic mass is 32.2. The molecule has 0 saturated heterocycles. The van der Waals surface area contributed by atoms with Crippen molar-refractivity contribution in [1.29, 1.82) is 0 Å². The largest absolute Gasteiger partial charge is 0.453 e. The maximum atomic E-state index is 5.82. The monoisotopic (exact) mass is 319 g/mol. The summed E-state index contributed by atoms with van der Waals surface area (Å²) >= 11 is 1.45. The van der Waals surface area contributed by atoms with Gasteiger partial charge in [-0.3, -0.25) is 4.90 Å². The van der Waals surface area contributed by atoms with Gasteiger partial charge in [0.15, 0.2) is 16.0 Å². The quantitative estimate of drug-likeness (QED) is 0.691. The van der Waals surface area contributed by atoms with Gasteiger partial charge in [0.25, 0.3) is 0 Å². The first-order chi connectivity index (χ1) is 10.6. The minimum atomic E-state index is 0.688. The predicted molar refractivity (Wildman–Crippen MR) is 80.2 cm³/mol. The lowest BCUT2D eigenvalue weighted by Gasteiger charge is -2.12. The molecule has 0 fully saturated rings. The molecule has 7 nitrogen and oxygen atoms in total. The Kier molecular flexibility index (Phi) is 4.30. The van der Waals surface area contributed by atoms with Crippen molar-refractivity contribution in [3.05, 3.63) is 41.7 Å². The number of nitrogens with zero attached hydrogens (tertiary/aromatic N) is 5. The first-order valence-corrected chi connectivity index (χ1v) is 7.63. The summed E-state index contributed by atoms with van der Waals surface area (Å²) in [6.45, 7) is 3.29. The zero-order valence-electron chi connectivity index (χ0n) is 12.7. The lowest BCUT2D eigenvalue weighted by atomic mass is 10.3. The van der Waals surface area contributed by atoms with E-state index in [1.54, 1.807) is 6.33 Å². The molecular formula is C14H17N5O2S. The van der Waals surface area contributed by atoms with Gasteiger partial charge < -0.3 is 13.5 Å². The third kappa shape index (κ3) is 3.58. The van der Waals surface area contributed by atoms with Crippen LogP contribution in [0.5, 0.6) is 0 Å². The molecule has 0 spiro atoms. The Hall–Kier alpha value is -2.06. The number of hydrogen-bond acceptors (Lipinski definition) is 7. The number of hydrogen-bond donors (Lipinski definition) is 0. The maximum absolute atomic E-state index is 5.82. The fourth-order valence-corrected chi connectivity index (χ4v) is 2.78. The predicted octanol–water partition coefficient (Wildman–Crippen LogP) is 2.49. The second kappa shape index (κ2) is 6.37. The summed E-state index contributed by atoms with van der Waals surface area (Å²) < 4.78 is 12.9. The lowest BCUT2D eigenvalue weighted by Crippen LogP contribution is -2.16. The van der Waals surface area contributed by atoms with E-state index in [2.05, 4.69) is 20.3 Å². The van der Waals surface area contributed by atoms with Crippen molar-refractivity contribution in [2.24, 2.45) is 7.05 Å². The van der Waals surface area contributed by atoms with Crippen molar-refractivity contribution in [1.82, 2.24) is 24.8 Å². The van der Waals surface area contributed by atoms with Crippen LogP contribution < -0.4 is 0 Å². The van der Waals surface area contributed by atoms with Gasteiger partial charge in [0.1, 0.15) is 12.1 Å². The van der Waals surface area contributed by atoms with Crippen LogP contribution in [0.3, 0.4) is 0 Å². The zero-order chi connectivity index (χ0) is 15.5. The highest BCUT2D eigenvalue weighted by molar-refractivity contribution is 7.99. The minimum Gasteiger partial charge on any atom is -0.453 e. The van der Waals surface area contributed by atoms with Crippen LogP contribution in [-0.2, 0) is 20.1 Å². The second-order valence-corrected chi connectivity index (χ2v) is 6.13. The molecule has 0 atom stereocenters. The van der Waals surface area contributed by atoms with Crippen LogP contribution in [0.25, 0.3) is 0 Å². The van der Waals surface area contributed by atoms with E-state index < -0.39 is 0 Å². The molecule has 3 aromatic heterocycles. The van der Waals surface area contributed by atoms with E-state index in [0.717, 1.165) is 27.5 Å². The molecule has 3 rings (SSSR count). The molecule has 0 aliphatic rings. The Morgan fingerprint density at radius 1 is 1.27 bits per heavy atom. The van der Waals surface area contributed by atoms with Crippen LogP contribution in [0.4, 0.5) is 0 Å². The number of furan rings is 1. The molecular weight excluding hydrogens is 302 g/mol. The first kappa shape index (κ1) is 14.9. The third-order valence-electron chi connectivity index (χ3n) is 3.03. The van der Waals surface area contributed by atoms with Crippen LogP contribution in [0, 0.1) is 6.92 Å². The summed E-state index contributed by atoms with van der Waals surface area (Å²) in [5.41, 5.74) is 0.892. The first-order valence-electron chi connectivity index (χ1n) is 6.81. The molecule has 3 heterocycles. The Balaban J connectivity index is 1.58. The topological polar surface area (TPSA) is 73.1 Å². The third-order valence-corrected chi connectivity index (χ3v) is 4.00. The molecule has 0 unspecified atom stereocenters. The number of aryl methyl sites for hydroxylation is 2. The summed E-state index contributed by atoms with van der Waals surface area (Å²) in [6, 6.07) is 5.86. The average Bonchev–Trinajstić information content (AvgIpc) is 3.16. The standard InChI is InChI=1S/C14H17N5O2S/c1-10-6-12(21-17-10)8-18(2)7-11-4-5-13(20-11)22-14-16-15-9-19(14)3/h4-6,9H,7-8H2,1-3H3. The molecule has 116 valence electrons. The Labute approximate surface area is 132 Å². The molecule has 3 aromatic rings. The van der Waals surface area contributed by atoms with E-state index in [4.69, 9.17) is 8.94 Å². The molecule has 22 heavy (non-hydrogen) atoms. The van der Waals surface area contributed by atoms with E-state index in [0.29, 0.717) is 13.1 Å². The van der Waals surface area contributed by atoms with Crippen molar-refractivity contribution < 1.29 is 8.94 Å². The van der Waals surface area contributed by atoms with Crippen LogP contribution in [0.2, 0.25) is 0 Å². The normalized spacial score (nSPS) is 11.5. The summed E-state index contributed by atoms with van der Waals surface area (Å²) in [5.74, 6) is 1.74. The maximum Gasteiger partial charge on any atom is 0.198 e. The molecule has 0 aliphatic heterocycles. The van der Waals surface area contributed by atoms with Gasteiger partial charge in [-0.05, 0) is 37.9 Å². The molecule has 0 bridgehead atoms. The summed E-state index contributed by atoms with van der Waals surface area (Å²) in [7, 11) is 3.91. The fraction of sp³-hybridized carbons (Fsp3) is 0.357. The minimum absolute atomic E-state index is 0.688. The highest BCUT2D eigenvalue weighted by Gasteiger charge is 2.11. The Bertz CT molecular complexity index is 748. The molecule has 0 aliphatic carbocycles. The van der Waals surface area contributed by atoms with E-state index >= 15 is 0 Å². The Morgan fingerprint density at radius 3 is 2.77 bits per heavy atom. The molecule has 0 saturated carbocycles. The molecule has 0 amide bonds. The average molecular weight is 319 g/mol. The molecule has 0 aromatic carbocycles. The van der Waals surface area contributed by atoms with Gasteiger partial charge in [0.05, 0.1) is 18.8 Å². The fourth-order valence-electron chi connectivity index (χ4n) is 2.03. The van der Waals surface area contributed by atoms with E-state index in [9.17, 15) is 0 Å². The summed E-state index contributed by atoms with van der Waals surface area (Å²) in [5, 5.41) is 13.4. The highest BCUT2D eigenvalue weighted by Crippen LogP contribution is 2.27. The number of rotatable bonds is 6. The summed E-state index contributed by atoms with van der Waals surface area (Å²) in [6.07, 6.45) is 1.67. The van der Waals surface area contributed by atoms with Gasteiger partial charge in [-0.15, -0.1) is 10.2 Å². The van der Waals surface area contributed by atoms with E-state index in [-0.39, 0.29) is 0 Å². The van der Waals surface area contributed by atoms with Crippen LogP contribution in [0.1, 0.15) is 17.2 Å². The van der Waals surface area contributed by atoms with Crippen molar-refractivity contribution >= 4 is 11.8 Å². The van der Waals surface area contributed by atoms with E-state index in [1.165, 1.54) is 11.8 Å². The van der Waals surface area contributed by atoms with Gasteiger partial charge >= 0.3 is 0 Å². The SMILES string of the molecule is Cc1cc(CN(C)Cc2ccc(Sc3nncn3C)o2)on1. The lowest BCUT2D eigenvalue weighted by molar-refractivity contribution is 0.243. The number of aromatic nitrogens is 4. The van der Waals surface area contributed by atoms with Crippen molar-refractivity contribution in [2.45, 2.75) is 30.3 Å². The van der Waals surface area contributed by atoms with E-state index in [1.807, 2.05) is 43.8 Å². The van der Waals surface area contributed by atoms with Crippen molar-refractivity contribution in [3.8, 4) is 0 Å².